The summed E-state index contributed by atoms with van der Waals surface area (Å²) >= 11 is 0. The van der Waals surface area contributed by atoms with E-state index in [1.54, 1.807) is 32.4 Å². The molecule has 0 aromatic heterocycles. The molecule has 5 nitrogen and oxygen atoms in total. The fraction of sp³-hybridized carbons (Fsp3) is 0.562. The van der Waals surface area contributed by atoms with Crippen LogP contribution in [0.5, 0.6) is 11.5 Å². The third kappa shape index (κ3) is 3.88. The van der Waals surface area contributed by atoms with Crippen LogP contribution in [0.25, 0.3) is 0 Å². The number of carbonyl (C=O) groups excluding carboxylic acids is 1. The van der Waals surface area contributed by atoms with E-state index >= 15 is 0 Å². The Morgan fingerprint density at radius 2 is 1.76 bits per heavy atom. The molecule has 0 aliphatic carbocycles. The molecule has 21 heavy (non-hydrogen) atoms. The predicted molar refractivity (Wildman–Crippen MR) is 82.1 cm³/mol. The average molecular weight is 292 g/mol. The van der Waals surface area contributed by atoms with E-state index in [0.717, 1.165) is 12.8 Å². The lowest BCUT2D eigenvalue weighted by molar-refractivity contribution is 0.0913. The number of hydrogen-bond acceptors (Lipinski definition) is 4. The summed E-state index contributed by atoms with van der Waals surface area (Å²) in [7, 11) is 3.15. The fourth-order valence-electron chi connectivity index (χ4n) is 2.72. The van der Waals surface area contributed by atoms with Crippen molar-refractivity contribution in [2.45, 2.75) is 44.8 Å². The molecule has 1 heterocycles. The standard InChI is InChI=1S/C16H24N2O3/c1-10-5-6-15(11(2)17-10)18-16(19)12-7-13(20-3)9-14(8-12)21-4/h7-11,15,17H,5-6H2,1-4H3,(H,18,19). The SMILES string of the molecule is COc1cc(OC)cc(C(=O)NC2CCC(C)NC2C)c1. The molecule has 1 aromatic rings. The van der Waals surface area contributed by atoms with Gasteiger partial charge in [0.2, 0.25) is 0 Å². The van der Waals surface area contributed by atoms with Gasteiger partial charge in [-0.2, -0.15) is 0 Å². The molecule has 1 amide bonds. The van der Waals surface area contributed by atoms with Crippen LogP contribution in [0.4, 0.5) is 0 Å². The molecular formula is C16H24N2O3. The van der Waals surface area contributed by atoms with E-state index in [0.29, 0.717) is 23.1 Å². The number of amides is 1. The first-order valence-electron chi connectivity index (χ1n) is 7.33. The highest BCUT2D eigenvalue weighted by molar-refractivity contribution is 5.95. The minimum absolute atomic E-state index is 0.0968. The van der Waals surface area contributed by atoms with E-state index in [9.17, 15) is 4.79 Å². The number of ether oxygens (including phenoxy) is 2. The largest absolute Gasteiger partial charge is 0.497 e. The first-order chi connectivity index (χ1) is 10.0. The molecule has 1 saturated heterocycles. The summed E-state index contributed by atoms with van der Waals surface area (Å²) in [5.41, 5.74) is 0.553. The van der Waals surface area contributed by atoms with E-state index < -0.39 is 0 Å². The van der Waals surface area contributed by atoms with Gasteiger partial charge in [0.1, 0.15) is 11.5 Å². The van der Waals surface area contributed by atoms with Crippen molar-refractivity contribution < 1.29 is 14.3 Å². The highest BCUT2D eigenvalue weighted by Crippen LogP contribution is 2.23. The number of carbonyl (C=O) groups is 1. The van der Waals surface area contributed by atoms with Crippen molar-refractivity contribution in [3.63, 3.8) is 0 Å². The maximum atomic E-state index is 12.4. The van der Waals surface area contributed by atoms with Crippen molar-refractivity contribution in [3.8, 4) is 11.5 Å². The maximum absolute atomic E-state index is 12.4. The van der Waals surface area contributed by atoms with Crippen LogP contribution in [0.15, 0.2) is 18.2 Å². The molecule has 3 atom stereocenters. The van der Waals surface area contributed by atoms with Gasteiger partial charge in [-0.1, -0.05) is 0 Å². The van der Waals surface area contributed by atoms with E-state index in [1.165, 1.54) is 0 Å². The van der Waals surface area contributed by atoms with Crippen molar-refractivity contribution in [2.24, 2.45) is 0 Å². The molecule has 2 rings (SSSR count). The summed E-state index contributed by atoms with van der Waals surface area (Å²) < 4.78 is 10.4. The van der Waals surface area contributed by atoms with Gasteiger partial charge in [0.15, 0.2) is 0 Å². The van der Waals surface area contributed by atoms with Gasteiger partial charge in [-0.25, -0.2) is 0 Å². The fourth-order valence-corrected chi connectivity index (χ4v) is 2.72. The Morgan fingerprint density at radius 3 is 2.29 bits per heavy atom. The van der Waals surface area contributed by atoms with E-state index in [-0.39, 0.29) is 18.0 Å². The van der Waals surface area contributed by atoms with Gasteiger partial charge in [-0.05, 0) is 38.8 Å². The molecule has 0 radical (unpaired) electrons. The van der Waals surface area contributed by atoms with E-state index in [1.807, 2.05) is 0 Å². The first kappa shape index (κ1) is 15.6. The molecule has 2 N–H and O–H groups in total. The molecule has 0 bridgehead atoms. The van der Waals surface area contributed by atoms with Gasteiger partial charge in [0.25, 0.3) is 5.91 Å². The zero-order chi connectivity index (χ0) is 15.4. The van der Waals surface area contributed by atoms with Crippen LogP contribution >= 0.6 is 0 Å². The Labute approximate surface area is 126 Å². The lowest BCUT2D eigenvalue weighted by atomic mass is 9.95. The highest BCUT2D eigenvalue weighted by Gasteiger charge is 2.26. The van der Waals surface area contributed by atoms with Crippen molar-refractivity contribution in [3.05, 3.63) is 23.8 Å². The zero-order valence-corrected chi connectivity index (χ0v) is 13.1. The van der Waals surface area contributed by atoms with Crippen molar-refractivity contribution in [1.82, 2.24) is 10.6 Å². The molecule has 0 spiro atoms. The second-order valence-electron chi connectivity index (χ2n) is 5.62. The number of benzene rings is 1. The van der Waals surface area contributed by atoms with Crippen LogP contribution in [0, 0.1) is 0 Å². The third-order valence-electron chi connectivity index (χ3n) is 3.99. The Bertz CT molecular complexity index is 482. The maximum Gasteiger partial charge on any atom is 0.251 e. The summed E-state index contributed by atoms with van der Waals surface area (Å²) in [6.07, 6.45) is 2.05. The summed E-state index contributed by atoms with van der Waals surface area (Å²) in [5, 5.41) is 6.56. The minimum atomic E-state index is -0.0968. The van der Waals surface area contributed by atoms with Gasteiger partial charge in [-0.15, -0.1) is 0 Å². The topological polar surface area (TPSA) is 59.6 Å². The Hall–Kier alpha value is -1.75. The number of hydrogen-bond donors (Lipinski definition) is 2. The van der Waals surface area contributed by atoms with Crippen LogP contribution in [0.1, 0.15) is 37.0 Å². The van der Waals surface area contributed by atoms with Gasteiger partial charge < -0.3 is 20.1 Å². The van der Waals surface area contributed by atoms with Crippen molar-refractivity contribution >= 4 is 5.91 Å². The van der Waals surface area contributed by atoms with Crippen LogP contribution in [-0.4, -0.2) is 38.3 Å². The number of piperidine rings is 1. The summed E-state index contributed by atoms with van der Waals surface area (Å²) in [4.78, 5) is 12.4. The van der Waals surface area contributed by atoms with Gasteiger partial charge in [0, 0.05) is 29.8 Å². The zero-order valence-electron chi connectivity index (χ0n) is 13.1. The smallest absolute Gasteiger partial charge is 0.251 e. The van der Waals surface area contributed by atoms with Crippen molar-refractivity contribution in [2.75, 3.05) is 14.2 Å². The first-order valence-corrected chi connectivity index (χ1v) is 7.33. The minimum Gasteiger partial charge on any atom is -0.497 e. The van der Waals surface area contributed by atoms with Crippen LogP contribution in [-0.2, 0) is 0 Å². The van der Waals surface area contributed by atoms with E-state index in [2.05, 4.69) is 24.5 Å². The van der Waals surface area contributed by atoms with Crippen LogP contribution < -0.4 is 20.1 Å². The number of rotatable bonds is 4. The summed E-state index contributed by atoms with van der Waals surface area (Å²) in [6, 6.07) is 6.12. The second-order valence-corrected chi connectivity index (χ2v) is 5.62. The number of methoxy groups -OCH3 is 2. The summed E-state index contributed by atoms with van der Waals surface area (Å²) in [6.45, 7) is 4.27. The third-order valence-corrected chi connectivity index (χ3v) is 3.99. The Kier molecular flexibility index (Phi) is 5.07. The lowest BCUT2D eigenvalue weighted by Crippen LogP contribution is -2.54. The van der Waals surface area contributed by atoms with Gasteiger partial charge in [0.05, 0.1) is 14.2 Å². The molecule has 1 aliphatic rings. The average Bonchev–Trinajstić information content (AvgIpc) is 2.49. The monoisotopic (exact) mass is 292 g/mol. The van der Waals surface area contributed by atoms with Gasteiger partial charge in [-0.3, -0.25) is 4.79 Å². The van der Waals surface area contributed by atoms with Gasteiger partial charge >= 0.3 is 0 Å². The normalized spacial score (nSPS) is 25.2. The molecule has 1 fully saturated rings. The molecule has 0 saturated carbocycles. The molecule has 116 valence electrons. The van der Waals surface area contributed by atoms with E-state index in [4.69, 9.17) is 9.47 Å². The molecule has 1 aliphatic heterocycles. The molecule has 1 aromatic carbocycles. The molecule has 5 heteroatoms. The van der Waals surface area contributed by atoms with Crippen LogP contribution in [0.2, 0.25) is 0 Å². The number of nitrogens with one attached hydrogen (secondary N) is 2. The predicted octanol–water partition coefficient (Wildman–Crippen LogP) is 1.96. The Balaban J connectivity index is 2.09. The van der Waals surface area contributed by atoms with Crippen LogP contribution in [0.3, 0.4) is 0 Å². The Morgan fingerprint density at radius 1 is 1.14 bits per heavy atom. The second kappa shape index (κ2) is 6.80. The molecule has 3 unspecified atom stereocenters. The summed E-state index contributed by atoms with van der Waals surface area (Å²) in [5.74, 6) is 1.13. The molecular weight excluding hydrogens is 268 g/mol. The quantitative estimate of drug-likeness (QED) is 0.890. The highest BCUT2D eigenvalue weighted by atomic mass is 16.5. The lowest BCUT2D eigenvalue weighted by Gasteiger charge is -2.34. The van der Waals surface area contributed by atoms with Crippen molar-refractivity contribution in [1.29, 1.82) is 0 Å².